The molecule has 0 bridgehead atoms. The second-order valence-electron chi connectivity index (χ2n) is 21.1. The van der Waals surface area contributed by atoms with Gasteiger partial charge in [0, 0.05) is 55.2 Å². The fourth-order valence-corrected chi connectivity index (χ4v) is 9.58. The molecular formula is C56H75N6O9+. The van der Waals surface area contributed by atoms with Crippen LogP contribution in [0.4, 0.5) is 0 Å². The summed E-state index contributed by atoms with van der Waals surface area (Å²) >= 11 is 0. The number of carbonyl (C=O) groups excluding carboxylic acids is 6. The predicted octanol–water partition coefficient (Wildman–Crippen LogP) is 7.12. The number of Topliss-reactive ketones (excluding diaryl/α,β-unsaturated/α-hetero) is 3. The summed E-state index contributed by atoms with van der Waals surface area (Å²) in [6.45, 7) is 14.1. The monoisotopic (exact) mass is 976 g/mol. The Balaban J connectivity index is 1.20. The molecule has 71 heavy (non-hydrogen) atoms. The van der Waals surface area contributed by atoms with E-state index in [1.54, 1.807) is 19.3 Å². The van der Waals surface area contributed by atoms with Crippen molar-refractivity contribution < 1.29 is 47.5 Å². The van der Waals surface area contributed by atoms with Crippen molar-refractivity contribution in [2.24, 2.45) is 36.1 Å². The molecule has 2 heterocycles. The SMILES string of the molecule is CC(=O)Oc1ccc(C[N+]2(CC(=O)C[C@@H](CCc3ccccc3)C(=O)N[C@@H](CC(C)C)C(=O)C[C@@H](Cc3ccccc3)C(=O)N[C@@H](CC(C)C)C(=O)C3(C)CC3)CCOCC2)cc1COc1cn(C)nn1. The van der Waals surface area contributed by atoms with Gasteiger partial charge in [0.15, 0.2) is 17.3 Å². The van der Waals surface area contributed by atoms with Crippen LogP contribution >= 0.6 is 0 Å². The Morgan fingerprint density at radius 3 is 2.01 bits per heavy atom. The lowest BCUT2D eigenvalue weighted by Gasteiger charge is -2.41. The van der Waals surface area contributed by atoms with Gasteiger partial charge >= 0.3 is 5.97 Å². The van der Waals surface area contributed by atoms with Crippen molar-refractivity contribution in [1.82, 2.24) is 25.6 Å². The highest BCUT2D eigenvalue weighted by Crippen LogP contribution is 2.47. The Hall–Kier alpha value is -6.06. The Bertz CT molecular complexity index is 2430. The van der Waals surface area contributed by atoms with Gasteiger partial charge in [-0.25, -0.2) is 0 Å². The molecule has 4 aromatic rings. The van der Waals surface area contributed by atoms with E-state index >= 15 is 0 Å². The highest BCUT2D eigenvalue weighted by atomic mass is 16.5. The maximum absolute atomic E-state index is 14.7. The molecule has 3 aromatic carbocycles. The van der Waals surface area contributed by atoms with E-state index in [0.717, 1.165) is 29.5 Å². The van der Waals surface area contributed by atoms with E-state index in [-0.39, 0.29) is 73.4 Å². The number of hydrogen-bond donors (Lipinski definition) is 2. The molecular weight excluding hydrogens is 901 g/mol. The molecule has 4 atom stereocenters. The van der Waals surface area contributed by atoms with Crippen molar-refractivity contribution in [1.29, 1.82) is 0 Å². The zero-order chi connectivity index (χ0) is 51.1. The average Bonchev–Trinajstić information content (AvgIpc) is 3.95. The summed E-state index contributed by atoms with van der Waals surface area (Å²) in [5.74, 6) is -2.17. The third kappa shape index (κ3) is 16.8. The molecule has 1 aliphatic heterocycles. The number of amides is 2. The molecule has 2 aliphatic rings. The van der Waals surface area contributed by atoms with Crippen LogP contribution in [0.5, 0.6) is 11.6 Å². The molecule has 15 heteroatoms. The predicted molar refractivity (Wildman–Crippen MR) is 269 cm³/mol. The summed E-state index contributed by atoms with van der Waals surface area (Å²) in [4.78, 5) is 83.9. The molecule has 2 N–H and O–H groups in total. The van der Waals surface area contributed by atoms with E-state index in [1.807, 2.05) is 107 Å². The summed E-state index contributed by atoms with van der Waals surface area (Å²) in [6.07, 6.45) is 5.12. The normalized spacial score (nSPS) is 16.6. The average molecular weight is 976 g/mol. The summed E-state index contributed by atoms with van der Waals surface area (Å²) in [6, 6.07) is 23.3. The smallest absolute Gasteiger partial charge is 0.308 e. The second-order valence-corrected chi connectivity index (χ2v) is 21.1. The summed E-state index contributed by atoms with van der Waals surface area (Å²) in [5.41, 5.74) is 3.01. The molecule has 6 rings (SSSR count). The van der Waals surface area contributed by atoms with Gasteiger partial charge in [0.2, 0.25) is 11.8 Å². The van der Waals surface area contributed by atoms with Gasteiger partial charge in [-0.05, 0) is 86.1 Å². The number of quaternary nitrogens is 1. The lowest BCUT2D eigenvalue weighted by Crippen LogP contribution is -2.57. The van der Waals surface area contributed by atoms with Gasteiger partial charge in [-0.2, -0.15) is 0 Å². The highest BCUT2D eigenvalue weighted by molar-refractivity contribution is 5.97. The van der Waals surface area contributed by atoms with Gasteiger partial charge in [-0.3, -0.25) is 33.4 Å². The van der Waals surface area contributed by atoms with Crippen molar-refractivity contribution in [2.45, 2.75) is 125 Å². The first-order valence-electron chi connectivity index (χ1n) is 25.4. The Morgan fingerprint density at radius 2 is 1.41 bits per heavy atom. The number of esters is 1. The van der Waals surface area contributed by atoms with Crippen molar-refractivity contribution in [3.05, 3.63) is 107 Å². The van der Waals surface area contributed by atoms with Gasteiger partial charge in [0.05, 0.1) is 31.5 Å². The highest BCUT2D eigenvalue weighted by Gasteiger charge is 2.48. The number of aromatic nitrogens is 3. The number of nitrogens with one attached hydrogen (secondary N) is 2. The number of nitrogens with zero attached hydrogens (tertiary/aromatic N) is 4. The molecule has 1 saturated heterocycles. The molecule has 1 saturated carbocycles. The number of morpholine rings is 1. The number of hydrogen-bond acceptors (Lipinski definition) is 11. The van der Waals surface area contributed by atoms with Gasteiger partial charge in [-0.1, -0.05) is 106 Å². The zero-order valence-electron chi connectivity index (χ0n) is 42.8. The van der Waals surface area contributed by atoms with Crippen molar-refractivity contribution in [3.8, 4) is 11.6 Å². The summed E-state index contributed by atoms with van der Waals surface area (Å²) in [5, 5.41) is 14.1. The fourth-order valence-electron chi connectivity index (χ4n) is 9.58. The van der Waals surface area contributed by atoms with Gasteiger partial charge in [-0.15, -0.1) is 0 Å². The third-order valence-electron chi connectivity index (χ3n) is 13.7. The molecule has 1 aromatic heterocycles. The first-order valence-corrected chi connectivity index (χ1v) is 25.4. The largest absolute Gasteiger partial charge is 0.470 e. The third-order valence-corrected chi connectivity index (χ3v) is 13.7. The number of carbonyl (C=O) groups is 6. The topological polar surface area (TPSA) is 185 Å². The van der Waals surface area contributed by atoms with E-state index in [9.17, 15) is 28.8 Å². The van der Waals surface area contributed by atoms with Crippen molar-refractivity contribution in [2.75, 3.05) is 32.8 Å². The van der Waals surface area contributed by atoms with Crippen LogP contribution in [-0.2, 0) is 66.5 Å². The molecule has 382 valence electrons. The molecule has 15 nitrogen and oxygen atoms in total. The van der Waals surface area contributed by atoms with E-state index in [4.69, 9.17) is 14.2 Å². The summed E-state index contributed by atoms with van der Waals surface area (Å²) in [7, 11) is 1.73. The van der Waals surface area contributed by atoms with Crippen LogP contribution < -0.4 is 20.1 Å². The first kappa shape index (κ1) is 54.3. The van der Waals surface area contributed by atoms with Gasteiger partial charge < -0.3 is 29.3 Å². The fraction of sp³-hybridized carbons (Fsp3) is 0.536. The zero-order valence-corrected chi connectivity index (χ0v) is 42.8. The summed E-state index contributed by atoms with van der Waals surface area (Å²) < 4.78 is 19.2. The van der Waals surface area contributed by atoms with E-state index < -0.39 is 35.3 Å². The van der Waals surface area contributed by atoms with Crippen LogP contribution in [-0.4, -0.2) is 99.5 Å². The minimum Gasteiger partial charge on any atom is -0.470 e. The van der Waals surface area contributed by atoms with Crippen LogP contribution in [0.15, 0.2) is 85.1 Å². The van der Waals surface area contributed by atoms with E-state index in [1.165, 1.54) is 11.6 Å². The lowest BCUT2D eigenvalue weighted by atomic mass is 9.87. The molecule has 2 amide bonds. The van der Waals surface area contributed by atoms with Crippen LogP contribution in [0.1, 0.15) is 109 Å². The molecule has 0 radical (unpaired) electrons. The maximum Gasteiger partial charge on any atom is 0.308 e. The minimum absolute atomic E-state index is 0.0234. The van der Waals surface area contributed by atoms with Gasteiger partial charge in [0.1, 0.15) is 38.5 Å². The lowest BCUT2D eigenvalue weighted by molar-refractivity contribution is -0.940. The number of ether oxygens (including phenoxy) is 3. The Morgan fingerprint density at radius 1 is 0.789 bits per heavy atom. The van der Waals surface area contributed by atoms with Crippen molar-refractivity contribution in [3.63, 3.8) is 0 Å². The second kappa shape index (κ2) is 25.4. The van der Waals surface area contributed by atoms with Crippen LogP contribution in [0.3, 0.4) is 0 Å². The first-order chi connectivity index (χ1) is 33.9. The van der Waals surface area contributed by atoms with E-state index in [0.29, 0.717) is 80.2 Å². The number of ketones is 3. The molecule has 0 unspecified atom stereocenters. The molecule has 1 aliphatic carbocycles. The number of rotatable bonds is 28. The Kier molecular flexibility index (Phi) is 19.4. The number of aryl methyl sites for hydroxylation is 2. The van der Waals surface area contributed by atoms with Crippen LogP contribution in [0, 0.1) is 29.1 Å². The molecule has 0 spiro atoms. The Labute approximate surface area is 419 Å². The molecule has 2 fully saturated rings. The standard InChI is InChI=1S/C56H74N6O9/c1-38(2)28-48(50(65)33-45(30-42-16-12-9-13-17-42)55(68)58-49(29-39(3)4)53(66)56(6)22-23-56)57-54(67)44(20-18-41-14-10-8-11-15-41)32-47(64)36-62(24-26-69-27-25-62)35-43-19-21-51(71-40(5)63)46(31-43)37-70-52-34-61(7)60-59-52/h8-17,19,21,31,34,38-39,44-45,48-49H,18,20,22-30,32-33,35-37H2,1-7H3,(H-,57,58,67,68)/p+1/t44-,45-,48+,49+/m1/s1. The van der Waals surface area contributed by atoms with Crippen molar-refractivity contribution >= 4 is 35.1 Å². The maximum atomic E-state index is 14.7. The van der Waals surface area contributed by atoms with Crippen LogP contribution in [0.25, 0.3) is 0 Å². The minimum atomic E-state index is -0.902. The van der Waals surface area contributed by atoms with Gasteiger partial charge in [0.25, 0.3) is 5.88 Å². The van der Waals surface area contributed by atoms with E-state index in [2.05, 4.69) is 20.9 Å². The number of benzene rings is 3. The van der Waals surface area contributed by atoms with Crippen LogP contribution in [0.2, 0.25) is 0 Å². The quantitative estimate of drug-likeness (QED) is 0.0336.